The summed E-state index contributed by atoms with van der Waals surface area (Å²) < 4.78 is 0. The van der Waals surface area contributed by atoms with Gasteiger partial charge in [0.25, 0.3) is 0 Å². The Balaban J connectivity index is 0. The van der Waals surface area contributed by atoms with Crippen molar-refractivity contribution < 1.29 is 21.1 Å². The van der Waals surface area contributed by atoms with E-state index in [2.05, 4.69) is 74.3 Å². The van der Waals surface area contributed by atoms with Gasteiger partial charge in [-0.15, -0.1) is 0 Å². The van der Waals surface area contributed by atoms with Gasteiger partial charge < -0.3 is 32.7 Å². The van der Waals surface area contributed by atoms with Crippen molar-refractivity contribution in [2.75, 3.05) is 26.2 Å². The summed E-state index contributed by atoms with van der Waals surface area (Å²) in [5, 5.41) is 12.5. The van der Waals surface area contributed by atoms with Crippen molar-refractivity contribution in [2.24, 2.45) is 11.8 Å². The number of carbonyl (C=O) groups is 2. The van der Waals surface area contributed by atoms with Crippen LogP contribution < -0.4 is 32.7 Å². The van der Waals surface area contributed by atoms with E-state index in [0.717, 1.165) is 51.4 Å². The second-order valence-electron chi connectivity index (χ2n) is 10.4. The molecule has 198 valence electrons. The third kappa shape index (κ3) is 22.3. The van der Waals surface area contributed by atoms with Gasteiger partial charge in [0.05, 0.1) is 25.2 Å². The highest BCUT2D eigenvalue weighted by atomic mass is 16.2. The summed E-state index contributed by atoms with van der Waals surface area (Å²) in [6, 6.07) is 0.466. The average molecular weight is 475 g/mol. The number of rotatable bonds is 17. The van der Waals surface area contributed by atoms with Gasteiger partial charge in [0, 0.05) is 38.0 Å². The number of quaternary nitrogens is 2. The molecule has 8 heteroatoms. The molecule has 0 spiro atoms. The first-order valence-corrected chi connectivity index (χ1v) is 13.1. The second kappa shape index (κ2) is 21.3. The Morgan fingerprint density at radius 1 is 0.636 bits per heavy atom. The lowest BCUT2D eigenvalue weighted by molar-refractivity contribution is -0.369. The number of unbranched alkanes of at least 4 members (excludes halogenated alkanes) is 1. The number of carbonyl (C=O) groups excluding carboxylic acids is 2. The number of hydrogen-bond donors (Lipinski definition) is 6. The van der Waals surface area contributed by atoms with E-state index in [1.165, 1.54) is 12.8 Å². The van der Waals surface area contributed by atoms with Crippen molar-refractivity contribution in [2.45, 2.75) is 112 Å². The molecule has 0 fully saturated rings. The third-order valence-electron chi connectivity index (χ3n) is 4.88. The molecule has 2 atom stereocenters. The summed E-state index contributed by atoms with van der Waals surface area (Å²) in [7, 11) is 0. The topological polar surface area (TPSA) is 138 Å². The van der Waals surface area contributed by atoms with Crippen LogP contribution in [0.5, 0.6) is 0 Å². The maximum Gasteiger partial charge on any atom is 0.237 e. The van der Waals surface area contributed by atoms with Gasteiger partial charge in [-0.2, -0.15) is 0 Å². The highest BCUT2D eigenvalue weighted by Crippen LogP contribution is 2.05. The smallest absolute Gasteiger partial charge is 0.237 e. The van der Waals surface area contributed by atoms with Gasteiger partial charge in [0.1, 0.15) is 0 Å². The van der Waals surface area contributed by atoms with Crippen molar-refractivity contribution in [3.63, 3.8) is 0 Å². The van der Waals surface area contributed by atoms with E-state index in [1.807, 2.05) is 13.8 Å². The second-order valence-corrected chi connectivity index (χ2v) is 10.4. The zero-order valence-electron chi connectivity index (χ0n) is 23.1. The standard InChI is InChI=1S/C14H31N3O.C11H25N3O/c1-11(2)7-5-6-10-16-14(18)13(8-9-15)17-12(3)4;1-8(2)7-13-11(15)10(5-6-12)14-9(3)4/h11-13,17H,5-10,15H2,1-4H3,(H,16,18);8-10,14H,5-7,12H2,1-4H3,(H,13,15)/p+2. The minimum atomic E-state index is -0.0961. The molecule has 0 rings (SSSR count). The molecule has 0 aromatic rings. The van der Waals surface area contributed by atoms with Crippen LogP contribution in [0.4, 0.5) is 0 Å². The van der Waals surface area contributed by atoms with Gasteiger partial charge in [-0.1, -0.05) is 68.2 Å². The monoisotopic (exact) mass is 474 g/mol. The zero-order valence-corrected chi connectivity index (χ0v) is 23.1. The van der Waals surface area contributed by atoms with Crippen LogP contribution in [0.1, 0.15) is 87.5 Å². The summed E-state index contributed by atoms with van der Waals surface area (Å²) >= 11 is 0. The highest BCUT2D eigenvalue weighted by Gasteiger charge is 2.19. The van der Waals surface area contributed by atoms with E-state index >= 15 is 0 Å². The molecule has 0 bridgehead atoms. The summed E-state index contributed by atoms with van der Waals surface area (Å²) in [5.41, 5.74) is 7.61. The minimum absolute atomic E-state index is 0.0902. The van der Waals surface area contributed by atoms with Crippen molar-refractivity contribution in [1.82, 2.24) is 21.3 Å². The lowest BCUT2D eigenvalue weighted by Crippen LogP contribution is -2.56. The van der Waals surface area contributed by atoms with Gasteiger partial charge in [-0.25, -0.2) is 0 Å². The Kier molecular flexibility index (Phi) is 21.9. The van der Waals surface area contributed by atoms with Crippen LogP contribution >= 0.6 is 0 Å². The summed E-state index contributed by atoms with van der Waals surface area (Å²) in [5.74, 6) is 1.47. The number of amides is 2. The van der Waals surface area contributed by atoms with E-state index < -0.39 is 0 Å². The normalized spacial score (nSPS) is 13.2. The summed E-state index contributed by atoms with van der Waals surface area (Å²) in [6.07, 6.45) is 5.10. The van der Waals surface area contributed by atoms with Crippen LogP contribution in [0.2, 0.25) is 0 Å². The lowest BCUT2D eigenvalue weighted by Gasteiger charge is -2.20. The lowest BCUT2D eigenvalue weighted by atomic mass is 10.1. The van der Waals surface area contributed by atoms with Crippen LogP contribution in [-0.4, -0.2) is 62.2 Å². The first-order chi connectivity index (χ1) is 15.4. The average Bonchev–Trinajstić information content (AvgIpc) is 2.70. The van der Waals surface area contributed by atoms with Gasteiger partial charge in [-0.3, -0.25) is 9.59 Å². The molecule has 0 aliphatic heterocycles. The molecule has 33 heavy (non-hydrogen) atoms. The minimum Gasteiger partial charge on any atom is -0.357 e. The zero-order chi connectivity index (χ0) is 25.8. The molecule has 0 aromatic heterocycles. The quantitative estimate of drug-likeness (QED) is 0.173. The van der Waals surface area contributed by atoms with Gasteiger partial charge >= 0.3 is 0 Å². The van der Waals surface area contributed by atoms with Crippen molar-refractivity contribution in [3.8, 4) is 0 Å². The van der Waals surface area contributed by atoms with E-state index in [1.54, 1.807) is 0 Å². The fourth-order valence-electron chi connectivity index (χ4n) is 3.23. The van der Waals surface area contributed by atoms with Crippen molar-refractivity contribution >= 4 is 11.8 Å². The van der Waals surface area contributed by atoms with Crippen molar-refractivity contribution in [1.29, 1.82) is 0 Å². The molecule has 10 N–H and O–H groups in total. The van der Waals surface area contributed by atoms with Crippen molar-refractivity contribution in [3.05, 3.63) is 0 Å². The Morgan fingerprint density at radius 2 is 1.09 bits per heavy atom. The van der Waals surface area contributed by atoms with Gasteiger partial charge in [0.15, 0.2) is 0 Å². The highest BCUT2D eigenvalue weighted by molar-refractivity contribution is 5.82. The molecule has 0 aliphatic carbocycles. The molecular weight excluding hydrogens is 416 g/mol. The van der Waals surface area contributed by atoms with E-state index in [-0.39, 0.29) is 23.9 Å². The predicted octanol–water partition coefficient (Wildman–Crippen LogP) is 0.685. The molecule has 0 saturated carbocycles. The molecule has 0 aromatic carbocycles. The first-order valence-electron chi connectivity index (χ1n) is 13.1. The summed E-state index contributed by atoms with van der Waals surface area (Å²) in [4.78, 5) is 23.7. The third-order valence-corrected chi connectivity index (χ3v) is 4.88. The Bertz CT molecular complexity index is 484. The molecule has 0 aliphatic rings. The fourth-order valence-corrected chi connectivity index (χ4v) is 3.23. The van der Waals surface area contributed by atoms with Gasteiger partial charge in [-0.05, 0) is 18.3 Å². The number of hydrogen-bond acceptors (Lipinski definition) is 4. The van der Waals surface area contributed by atoms with Crippen LogP contribution in [0, 0.1) is 11.8 Å². The van der Waals surface area contributed by atoms with E-state index in [9.17, 15) is 9.59 Å². The molecule has 2 amide bonds. The van der Waals surface area contributed by atoms with Gasteiger partial charge in [0.2, 0.25) is 11.8 Å². The Hall–Kier alpha value is -1.22. The van der Waals surface area contributed by atoms with Crippen LogP contribution in [0.15, 0.2) is 0 Å². The number of nitrogens with one attached hydrogen (secondary N) is 4. The van der Waals surface area contributed by atoms with Crippen LogP contribution in [0.3, 0.4) is 0 Å². The molecular formula is C25H58N6O2+2. The molecule has 0 radical (unpaired) electrons. The summed E-state index contributed by atoms with van der Waals surface area (Å²) in [6.45, 7) is 20.0. The molecule has 0 saturated heterocycles. The fraction of sp³-hybridized carbons (Fsp3) is 0.920. The first kappa shape index (κ1) is 34.0. The Labute approximate surface area is 204 Å². The largest absolute Gasteiger partial charge is 0.357 e. The van der Waals surface area contributed by atoms with E-state index in [4.69, 9.17) is 0 Å². The SMILES string of the molecule is CC(C)CCCCNC(=O)C(CC[NH3+])NC(C)C.CC(C)CNC(=O)C(CC[NH3+])NC(C)C. The molecule has 8 nitrogen and oxygen atoms in total. The molecule has 2 unspecified atom stereocenters. The van der Waals surface area contributed by atoms with Crippen LogP contribution in [0.25, 0.3) is 0 Å². The maximum absolute atomic E-state index is 12.0. The molecule has 0 heterocycles. The maximum atomic E-state index is 12.0. The predicted molar refractivity (Wildman–Crippen MR) is 138 cm³/mol. The van der Waals surface area contributed by atoms with E-state index in [0.29, 0.717) is 18.0 Å². The Morgan fingerprint density at radius 3 is 1.45 bits per heavy atom. The van der Waals surface area contributed by atoms with Crippen LogP contribution in [-0.2, 0) is 9.59 Å².